The van der Waals surface area contributed by atoms with Crippen molar-refractivity contribution in [2.75, 3.05) is 50.1 Å². The molecule has 150 valence electrons. The van der Waals surface area contributed by atoms with Gasteiger partial charge in [-0.05, 0) is 36.4 Å². The number of alkyl halides is 2. The smallest absolute Gasteiger partial charge is 0.387 e. The van der Waals surface area contributed by atoms with E-state index in [0.717, 1.165) is 37.6 Å². The zero-order valence-electron chi connectivity index (χ0n) is 15.6. The first-order chi connectivity index (χ1) is 13.5. The van der Waals surface area contributed by atoms with E-state index >= 15 is 0 Å². The van der Waals surface area contributed by atoms with Gasteiger partial charge in [0, 0.05) is 31.9 Å². The maximum atomic E-state index is 12.3. The van der Waals surface area contributed by atoms with Crippen LogP contribution in [0.25, 0.3) is 0 Å². The lowest BCUT2D eigenvalue weighted by molar-refractivity contribution is -0.117. The largest absolute Gasteiger partial charge is 0.495 e. The van der Waals surface area contributed by atoms with Gasteiger partial charge in [0.25, 0.3) is 0 Å². The summed E-state index contributed by atoms with van der Waals surface area (Å²) in [5, 5.41) is 2.77. The number of benzene rings is 2. The minimum atomic E-state index is -2.87. The number of carbonyl (C=O) groups excluding carboxylic acids is 1. The van der Waals surface area contributed by atoms with Crippen LogP contribution in [0.4, 0.5) is 20.2 Å². The summed E-state index contributed by atoms with van der Waals surface area (Å²) in [5.41, 5.74) is 1.60. The molecule has 1 aliphatic rings. The molecule has 3 rings (SSSR count). The number of halogens is 2. The van der Waals surface area contributed by atoms with Crippen molar-refractivity contribution < 1.29 is 23.0 Å². The third-order valence-corrected chi connectivity index (χ3v) is 4.53. The topological polar surface area (TPSA) is 54.0 Å². The monoisotopic (exact) mass is 391 g/mol. The second-order valence-corrected chi connectivity index (χ2v) is 6.39. The molecule has 0 aromatic heterocycles. The van der Waals surface area contributed by atoms with Gasteiger partial charge >= 0.3 is 6.61 Å². The first-order valence-electron chi connectivity index (χ1n) is 9.00. The van der Waals surface area contributed by atoms with Crippen LogP contribution in [0.5, 0.6) is 11.5 Å². The van der Waals surface area contributed by atoms with Crippen molar-refractivity contribution in [3.05, 3.63) is 48.5 Å². The molecule has 0 atom stereocenters. The molecular weight excluding hydrogens is 368 g/mol. The SMILES string of the molecule is COc1ccccc1N1CCN(CC(=O)Nc2ccc(OC(F)F)cc2)CC1. The number of amides is 1. The summed E-state index contributed by atoms with van der Waals surface area (Å²) in [5.74, 6) is 0.752. The van der Waals surface area contributed by atoms with Crippen molar-refractivity contribution in [1.82, 2.24) is 4.90 Å². The van der Waals surface area contributed by atoms with E-state index in [1.165, 1.54) is 24.3 Å². The molecule has 1 amide bonds. The Morgan fingerprint density at radius 1 is 1.07 bits per heavy atom. The molecule has 28 heavy (non-hydrogen) atoms. The van der Waals surface area contributed by atoms with E-state index < -0.39 is 6.61 Å². The highest BCUT2D eigenvalue weighted by Crippen LogP contribution is 2.28. The van der Waals surface area contributed by atoms with Crippen molar-refractivity contribution in [1.29, 1.82) is 0 Å². The maximum absolute atomic E-state index is 12.3. The van der Waals surface area contributed by atoms with Crippen LogP contribution in [-0.4, -0.2) is 57.3 Å². The fourth-order valence-corrected chi connectivity index (χ4v) is 3.16. The second-order valence-electron chi connectivity index (χ2n) is 6.39. The maximum Gasteiger partial charge on any atom is 0.387 e. The third kappa shape index (κ3) is 5.32. The number of hydrogen-bond donors (Lipinski definition) is 1. The quantitative estimate of drug-likeness (QED) is 0.786. The lowest BCUT2D eigenvalue weighted by Gasteiger charge is -2.36. The molecule has 0 spiro atoms. The number of carbonyl (C=O) groups is 1. The number of anilines is 2. The Hall–Kier alpha value is -2.87. The Kier molecular flexibility index (Phi) is 6.65. The Morgan fingerprint density at radius 2 is 1.75 bits per heavy atom. The average molecular weight is 391 g/mol. The molecule has 2 aromatic rings. The highest BCUT2D eigenvalue weighted by Gasteiger charge is 2.21. The van der Waals surface area contributed by atoms with Gasteiger partial charge in [0.1, 0.15) is 11.5 Å². The molecular formula is C20H23F2N3O3. The zero-order chi connectivity index (χ0) is 19.9. The Bertz CT molecular complexity index is 779. The molecule has 6 nitrogen and oxygen atoms in total. The van der Waals surface area contributed by atoms with Crippen LogP contribution in [0.2, 0.25) is 0 Å². The Labute approximate surface area is 162 Å². The highest BCUT2D eigenvalue weighted by molar-refractivity contribution is 5.92. The summed E-state index contributed by atoms with van der Waals surface area (Å²) in [4.78, 5) is 16.6. The van der Waals surface area contributed by atoms with Crippen LogP contribution in [0.15, 0.2) is 48.5 Å². The van der Waals surface area contributed by atoms with E-state index in [2.05, 4.69) is 19.9 Å². The molecule has 0 aliphatic carbocycles. The molecule has 1 N–H and O–H groups in total. The average Bonchev–Trinajstić information content (AvgIpc) is 2.69. The van der Waals surface area contributed by atoms with Crippen molar-refractivity contribution in [2.24, 2.45) is 0 Å². The lowest BCUT2D eigenvalue weighted by atomic mass is 10.2. The van der Waals surface area contributed by atoms with Crippen LogP contribution in [0.3, 0.4) is 0 Å². The van der Waals surface area contributed by atoms with E-state index in [4.69, 9.17) is 4.74 Å². The second kappa shape index (κ2) is 9.36. The molecule has 0 saturated carbocycles. The molecule has 1 aliphatic heterocycles. The number of nitrogens with zero attached hydrogens (tertiary/aromatic N) is 2. The van der Waals surface area contributed by atoms with Crippen LogP contribution in [-0.2, 0) is 4.79 Å². The Morgan fingerprint density at radius 3 is 2.39 bits per heavy atom. The van der Waals surface area contributed by atoms with Crippen LogP contribution >= 0.6 is 0 Å². The van der Waals surface area contributed by atoms with Gasteiger partial charge in [-0.3, -0.25) is 9.69 Å². The van der Waals surface area contributed by atoms with Gasteiger partial charge in [-0.2, -0.15) is 8.78 Å². The number of rotatable bonds is 7. The van der Waals surface area contributed by atoms with Crippen molar-refractivity contribution in [2.45, 2.75) is 6.61 Å². The van der Waals surface area contributed by atoms with Gasteiger partial charge in [0.2, 0.25) is 5.91 Å². The molecule has 0 unspecified atom stereocenters. The number of methoxy groups -OCH3 is 1. The summed E-state index contributed by atoms with van der Waals surface area (Å²) in [7, 11) is 1.66. The fourth-order valence-electron chi connectivity index (χ4n) is 3.16. The summed E-state index contributed by atoms with van der Waals surface area (Å²) in [6, 6.07) is 13.8. The number of piperazine rings is 1. The standard InChI is InChI=1S/C20H23F2N3O3/c1-27-18-5-3-2-4-17(18)25-12-10-24(11-13-25)14-19(26)23-15-6-8-16(9-7-15)28-20(21)22/h2-9,20H,10-14H2,1H3,(H,23,26). The summed E-state index contributed by atoms with van der Waals surface area (Å²) >= 11 is 0. The van der Waals surface area contributed by atoms with Crippen LogP contribution in [0, 0.1) is 0 Å². The number of nitrogens with one attached hydrogen (secondary N) is 1. The first-order valence-corrected chi connectivity index (χ1v) is 9.00. The molecule has 1 heterocycles. The van der Waals surface area contributed by atoms with E-state index in [1.54, 1.807) is 7.11 Å². The summed E-state index contributed by atoms with van der Waals surface area (Å²) in [6.45, 7) is 0.518. The normalized spacial score (nSPS) is 14.8. The van der Waals surface area contributed by atoms with Gasteiger partial charge in [-0.15, -0.1) is 0 Å². The van der Waals surface area contributed by atoms with Gasteiger partial charge in [0.15, 0.2) is 0 Å². The minimum Gasteiger partial charge on any atom is -0.495 e. The predicted molar refractivity (Wildman–Crippen MR) is 103 cm³/mol. The highest BCUT2D eigenvalue weighted by atomic mass is 19.3. The molecule has 8 heteroatoms. The van der Waals surface area contributed by atoms with Crippen molar-refractivity contribution >= 4 is 17.3 Å². The van der Waals surface area contributed by atoms with Gasteiger partial charge < -0.3 is 19.7 Å². The van der Waals surface area contributed by atoms with E-state index in [0.29, 0.717) is 5.69 Å². The lowest BCUT2D eigenvalue weighted by Crippen LogP contribution is -2.48. The van der Waals surface area contributed by atoms with Gasteiger partial charge in [0.05, 0.1) is 19.3 Å². The summed E-state index contributed by atoms with van der Waals surface area (Å²) < 4.78 is 34.0. The van der Waals surface area contributed by atoms with Crippen LogP contribution in [0.1, 0.15) is 0 Å². The molecule has 0 radical (unpaired) electrons. The van der Waals surface area contributed by atoms with Crippen LogP contribution < -0.4 is 19.7 Å². The van der Waals surface area contributed by atoms with E-state index in [9.17, 15) is 13.6 Å². The number of ether oxygens (including phenoxy) is 2. The molecule has 1 saturated heterocycles. The fraction of sp³-hybridized carbons (Fsp3) is 0.350. The summed E-state index contributed by atoms with van der Waals surface area (Å²) in [6.07, 6.45) is 0. The Balaban J connectivity index is 1.47. The number of hydrogen-bond acceptors (Lipinski definition) is 5. The first kappa shape index (κ1) is 19.9. The van der Waals surface area contributed by atoms with Crippen molar-refractivity contribution in [3.8, 4) is 11.5 Å². The molecule has 0 bridgehead atoms. The minimum absolute atomic E-state index is 0.0560. The van der Waals surface area contributed by atoms with Gasteiger partial charge in [-0.1, -0.05) is 12.1 Å². The zero-order valence-corrected chi connectivity index (χ0v) is 15.6. The molecule has 2 aromatic carbocycles. The number of para-hydroxylation sites is 2. The predicted octanol–water partition coefficient (Wildman–Crippen LogP) is 3.06. The van der Waals surface area contributed by atoms with E-state index in [-0.39, 0.29) is 18.2 Å². The molecule has 1 fully saturated rings. The third-order valence-electron chi connectivity index (χ3n) is 4.53. The van der Waals surface area contributed by atoms with Crippen molar-refractivity contribution in [3.63, 3.8) is 0 Å². The van der Waals surface area contributed by atoms with Gasteiger partial charge in [-0.25, -0.2) is 0 Å². The van der Waals surface area contributed by atoms with E-state index in [1.807, 2.05) is 24.3 Å².